The Bertz CT molecular complexity index is 2940. The topological polar surface area (TPSA) is 38.7 Å². The molecule has 0 spiro atoms. The van der Waals surface area contributed by atoms with Crippen LogP contribution in [0.4, 0.5) is 0 Å². The van der Waals surface area contributed by atoms with Gasteiger partial charge in [-0.15, -0.1) is 0 Å². The second kappa shape index (κ2) is 14.3. The molecule has 0 atom stereocenters. The molecule has 4 heteroatoms. The van der Waals surface area contributed by atoms with E-state index in [0.717, 1.165) is 50.3 Å². The van der Waals surface area contributed by atoms with E-state index >= 15 is 0 Å². The molecular weight excluding hydrogens is 734 g/mol. The van der Waals surface area contributed by atoms with Gasteiger partial charge in [0, 0.05) is 0 Å². The van der Waals surface area contributed by atoms with E-state index in [1.165, 1.54) is 47.1 Å². The van der Waals surface area contributed by atoms with Crippen molar-refractivity contribution in [1.82, 2.24) is 15.4 Å². The molecule has 258 valence electrons. The van der Waals surface area contributed by atoms with Crippen LogP contribution in [0.1, 0.15) is 0 Å². The van der Waals surface area contributed by atoms with E-state index in [0.29, 0.717) is 0 Å². The van der Waals surface area contributed by atoms with Gasteiger partial charge in [0.25, 0.3) is 0 Å². The Morgan fingerprint density at radius 3 is 1.44 bits per heavy atom. The summed E-state index contributed by atoms with van der Waals surface area (Å²) in [5.41, 5.74) is 14.9. The first-order valence-electron chi connectivity index (χ1n) is 18.5. The third kappa shape index (κ3) is 5.89. The summed E-state index contributed by atoms with van der Waals surface area (Å²) in [7, 11) is 0. The van der Waals surface area contributed by atoms with Crippen LogP contribution in [0.25, 0.3) is 97.4 Å². The molecule has 2 aromatic heterocycles. The molecule has 0 aliphatic rings. The standard InChI is InChI=1S/C51H33N3Se/c1-6-19-34(20-7-1)39-30-18-31-41(47(39)51-46(37-25-12-4-13-26-37)50(52-54-53-51)38-27-14-5-15-28-38)49-45(36-23-10-3-11-24-36)42(35-21-8-2-9-22-35)33-44-48(49)40-29-16-17-32-43(40)55-44/h1-33H. The fourth-order valence-electron chi connectivity index (χ4n) is 7.96. The van der Waals surface area contributed by atoms with Crippen LogP contribution in [0, 0.1) is 0 Å². The van der Waals surface area contributed by atoms with Gasteiger partial charge in [0.05, 0.1) is 0 Å². The first-order chi connectivity index (χ1) is 27.3. The van der Waals surface area contributed by atoms with Crippen LogP contribution in [0.2, 0.25) is 0 Å². The quantitative estimate of drug-likeness (QED) is 0.152. The molecule has 0 unspecified atom stereocenters. The number of rotatable bonds is 7. The molecule has 0 N–H and O–H groups in total. The van der Waals surface area contributed by atoms with Crippen molar-refractivity contribution in [3.63, 3.8) is 0 Å². The SMILES string of the molecule is c1ccc(-c2cccc(-c3c(-c4ccccc4)c(-c4ccccc4)cc4[se]c5ccccc5c34)c2-c2nnnc(-c3ccccc3)c2-c2ccccc2)cc1. The summed E-state index contributed by atoms with van der Waals surface area (Å²) in [6.07, 6.45) is 0. The molecule has 0 fully saturated rings. The molecule has 10 rings (SSSR count). The molecule has 0 aliphatic carbocycles. The molecule has 0 amide bonds. The van der Waals surface area contributed by atoms with Gasteiger partial charge < -0.3 is 0 Å². The summed E-state index contributed by atoms with van der Waals surface area (Å²) in [5, 5.41) is 17.0. The molecule has 0 saturated carbocycles. The van der Waals surface area contributed by atoms with E-state index in [1.54, 1.807) is 0 Å². The Labute approximate surface area is 326 Å². The van der Waals surface area contributed by atoms with Crippen molar-refractivity contribution < 1.29 is 0 Å². The molecular formula is C51H33N3Se. The van der Waals surface area contributed by atoms with Crippen LogP contribution in [-0.4, -0.2) is 29.9 Å². The minimum atomic E-state index is 0.128. The first-order valence-corrected chi connectivity index (χ1v) is 20.2. The first kappa shape index (κ1) is 32.9. The van der Waals surface area contributed by atoms with E-state index in [-0.39, 0.29) is 14.5 Å². The summed E-state index contributed by atoms with van der Waals surface area (Å²) in [4.78, 5) is 0. The van der Waals surface area contributed by atoms with Gasteiger partial charge in [-0.05, 0) is 0 Å². The Hall–Kier alpha value is -6.71. The van der Waals surface area contributed by atoms with Gasteiger partial charge in [-0.1, -0.05) is 0 Å². The number of benzene rings is 8. The number of hydrogen-bond donors (Lipinski definition) is 0. The Morgan fingerprint density at radius 2 is 0.800 bits per heavy atom. The van der Waals surface area contributed by atoms with Crippen LogP contribution in [0.15, 0.2) is 200 Å². The normalized spacial score (nSPS) is 11.3. The summed E-state index contributed by atoms with van der Waals surface area (Å²) in [6.45, 7) is 0. The molecule has 0 aliphatic heterocycles. The van der Waals surface area contributed by atoms with Crippen LogP contribution < -0.4 is 0 Å². The molecule has 55 heavy (non-hydrogen) atoms. The number of fused-ring (bicyclic) bond motifs is 3. The van der Waals surface area contributed by atoms with Gasteiger partial charge in [0.15, 0.2) is 0 Å². The van der Waals surface area contributed by atoms with Crippen LogP contribution in [0.5, 0.6) is 0 Å². The third-order valence-electron chi connectivity index (χ3n) is 10.3. The summed E-state index contributed by atoms with van der Waals surface area (Å²) >= 11 is 0.128. The molecule has 10 aromatic rings. The Kier molecular flexibility index (Phi) is 8.53. The van der Waals surface area contributed by atoms with E-state index in [1.807, 2.05) is 6.07 Å². The van der Waals surface area contributed by atoms with Crippen molar-refractivity contribution in [2.24, 2.45) is 0 Å². The van der Waals surface area contributed by atoms with Crippen LogP contribution in [0.3, 0.4) is 0 Å². The van der Waals surface area contributed by atoms with Crippen LogP contribution >= 0.6 is 0 Å². The summed E-state index contributed by atoms with van der Waals surface area (Å²) < 4.78 is 2.78. The second-order valence-electron chi connectivity index (χ2n) is 13.6. The predicted molar refractivity (Wildman–Crippen MR) is 230 cm³/mol. The maximum absolute atomic E-state index is 5.05. The van der Waals surface area contributed by atoms with Crippen molar-refractivity contribution in [3.8, 4) is 78.1 Å². The second-order valence-corrected chi connectivity index (χ2v) is 15.8. The molecule has 0 saturated heterocycles. The molecule has 0 bridgehead atoms. The zero-order valence-electron chi connectivity index (χ0n) is 29.8. The van der Waals surface area contributed by atoms with Crippen molar-refractivity contribution in [1.29, 1.82) is 0 Å². The summed E-state index contributed by atoms with van der Waals surface area (Å²) in [6, 6.07) is 71.5. The Morgan fingerprint density at radius 1 is 0.309 bits per heavy atom. The van der Waals surface area contributed by atoms with Gasteiger partial charge in [0.1, 0.15) is 0 Å². The van der Waals surface area contributed by atoms with Crippen molar-refractivity contribution >= 4 is 33.8 Å². The van der Waals surface area contributed by atoms with E-state index < -0.39 is 0 Å². The van der Waals surface area contributed by atoms with E-state index in [9.17, 15) is 0 Å². The van der Waals surface area contributed by atoms with Crippen LogP contribution in [-0.2, 0) is 0 Å². The molecule has 0 radical (unpaired) electrons. The van der Waals surface area contributed by atoms with Gasteiger partial charge in [0.2, 0.25) is 0 Å². The fourth-order valence-corrected chi connectivity index (χ4v) is 10.4. The summed E-state index contributed by atoms with van der Waals surface area (Å²) in [5.74, 6) is 0. The third-order valence-corrected chi connectivity index (χ3v) is 12.7. The number of nitrogens with zero attached hydrogens (tertiary/aromatic N) is 3. The predicted octanol–water partition coefficient (Wildman–Crippen LogP) is 12.9. The van der Waals surface area contributed by atoms with Gasteiger partial charge in [-0.2, -0.15) is 0 Å². The van der Waals surface area contributed by atoms with E-state index in [2.05, 4.69) is 199 Å². The van der Waals surface area contributed by atoms with Crippen molar-refractivity contribution in [2.75, 3.05) is 0 Å². The average Bonchev–Trinajstić information content (AvgIpc) is 3.65. The Balaban J connectivity index is 1.43. The monoisotopic (exact) mass is 767 g/mol. The zero-order chi connectivity index (χ0) is 36.6. The number of aromatic nitrogens is 3. The van der Waals surface area contributed by atoms with E-state index in [4.69, 9.17) is 10.2 Å². The molecule has 2 heterocycles. The fraction of sp³-hybridized carbons (Fsp3) is 0. The molecule has 8 aromatic carbocycles. The van der Waals surface area contributed by atoms with Gasteiger partial charge in [-0.3, -0.25) is 0 Å². The zero-order valence-corrected chi connectivity index (χ0v) is 31.5. The molecule has 3 nitrogen and oxygen atoms in total. The van der Waals surface area contributed by atoms with Gasteiger partial charge >= 0.3 is 328 Å². The average molecular weight is 767 g/mol. The van der Waals surface area contributed by atoms with Crippen molar-refractivity contribution in [2.45, 2.75) is 0 Å². The maximum atomic E-state index is 5.05. The number of hydrogen-bond acceptors (Lipinski definition) is 3. The van der Waals surface area contributed by atoms with Crippen molar-refractivity contribution in [3.05, 3.63) is 200 Å². The minimum absolute atomic E-state index is 0.128. The van der Waals surface area contributed by atoms with Gasteiger partial charge in [-0.25, -0.2) is 0 Å².